The summed E-state index contributed by atoms with van der Waals surface area (Å²) in [5.41, 5.74) is 0. The van der Waals surface area contributed by atoms with Crippen LogP contribution in [0.15, 0.2) is 0 Å². The van der Waals surface area contributed by atoms with E-state index in [0.29, 0.717) is 0 Å². The average molecular weight is 138 g/mol. The monoisotopic (exact) mass is 138 g/mol. The Labute approximate surface area is 64.0 Å². The van der Waals surface area contributed by atoms with Gasteiger partial charge in [-0.1, -0.05) is 20.8 Å². The van der Waals surface area contributed by atoms with Crippen molar-refractivity contribution in [2.75, 3.05) is 0 Å². The molecule has 0 heterocycles. The molecule has 5 atom stereocenters. The van der Waals surface area contributed by atoms with Crippen molar-refractivity contribution in [3.05, 3.63) is 0 Å². The van der Waals surface area contributed by atoms with Gasteiger partial charge in [-0.25, -0.2) is 0 Å². The Morgan fingerprint density at radius 2 is 1.60 bits per heavy atom. The van der Waals surface area contributed by atoms with Crippen molar-refractivity contribution in [2.45, 2.75) is 33.6 Å². The fraction of sp³-hybridized carbons (Fsp3) is 1.00. The van der Waals surface area contributed by atoms with E-state index in [4.69, 9.17) is 0 Å². The Balaban J connectivity index is 2.16. The second-order valence-corrected chi connectivity index (χ2v) is 4.59. The normalized spacial score (nSPS) is 59.7. The molecule has 2 saturated carbocycles. The van der Waals surface area contributed by atoms with Crippen LogP contribution >= 0.6 is 0 Å². The maximum Gasteiger partial charge on any atom is -0.0357 e. The SMILES string of the molecule is CC1CC2CC1[C@H](C)C2C. The molecule has 58 valence electrons. The fourth-order valence-electron chi connectivity index (χ4n) is 3.31. The van der Waals surface area contributed by atoms with Crippen LogP contribution in [0.1, 0.15) is 33.6 Å². The molecule has 0 saturated heterocycles. The van der Waals surface area contributed by atoms with Crippen molar-refractivity contribution in [2.24, 2.45) is 29.6 Å². The number of rotatable bonds is 0. The van der Waals surface area contributed by atoms with E-state index in [9.17, 15) is 0 Å². The Morgan fingerprint density at radius 3 is 2.00 bits per heavy atom. The summed E-state index contributed by atoms with van der Waals surface area (Å²) in [4.78, 5) is 0. The van der Waals surface area contributed by atoms with E-state index in [2.05, 4.69) is 20.8 Å². The molecule has 0 radical (unpaired) electrons. The van der Waals surface area contributed by atoms with E-state index in [1.54, 1.807) is 6.42 Å². The molecule has 4 unspecified atom stereocenters. The van der Waals surface area contributed by atoms with Crippen molar-refractivity contribution in [1.82, 2.24) is 0 Å². The number of hydrogen-bond acceptors (Lipinski definition) is 0. The third-order valence-electron chi connectivity index (χ3n) is 4.23. The van der Waals surface area contributed by atoms with Crippen molar-refractivity contribution in [3.63, 3.8) is 0 Å². The third-order valence-corrected chi connectivity index (χ3v) is 4.23. The highest BCUT2D eigenvalue weighted by Gasteiger charge is 2.46. The highest BCUT2D eigenvalue weighted by molar-refractivity contribution is 4.95. The average Bonchev–Trinajstić information content (AvgIpc) is 2.36. The third kappa shape index (κ3) is 0.681. The van der Waals surface area contributed by atoms with Gasteiger partial charge < -0.3 is 0 Å². The lowest BCUT2D eigenvalue weighted by Gasteiger charge is -2.29. The van der Waals surface area contributed by atoms with E-state index in [1.165, 1.54) is 6.42 Å². The maximum atomic E-state index is 2.45. The summed E-state index contributed by atoms with van der Waals surface area (Å²) < 4.78 is 0. The fourth-order valence-corrected chi connectivity index (χ4v) is 3.31. The lowest BCUT2D eigenvalue weighted by atomic mass is 9.77. The molecule has 0 amide bonds. The number of fused-ring (bicyclic) bond motifs is 2. The lowest BCUT2D eigenvalue weighted by Crippen LogP contribution is -2.22. The first-order valence-electron chi connectivity index (χ1n) is 4.70. The molecule has 0 nitrogen and oxygen atoms in total. The van der Waals surface area contributed by atoms with Crippen LogP contribution in [0.4, 0.5) is 0 Å². The van der Waals surface area contributed by atoms with Gasteiger partial charge in [0, 0.05) is 0 Å². The van der Waals surface area contributed by atoms with Gasteiger partial charge in [0.1, 0.15) is 0 Å². The van der Waals surface area contributed by atoms with E-state index in [0.717, 1.165) is 29.6 Å². The Kier molecular flexibility index (Phi) is 1.33. The first-order valence-corrected chi connectivity index (χ1v) is 4.70. The summed E-state index contributed by atoms with van der Waals surface area (Å²) in [6.45, 7) is 7.33. The molecule has 0 heteroatoms. The van der Waals surface area contributed by atoms with Crippen LogP contribution in [0, 0.1) is 29.6 Å². The molecule has 0 aromatic carbocycles. The number of hydrogen-bond donors (Lipinski definition) is 0. The van der Waals surface area contributed by atoms with Crippen molar-refractivity contribution in [1.29, 1.82) is 0 Å². The minimum Gasteiger partial charge on any atom is -0.0622 e. The molecule has 2 fully saturated rings. The van der Waals surface area contributed by atoms with Gasteiger partial charge >= 0.3 is 0 Å². The molecular weight excluding hydrogens is 120 g/mol. The van der Waals surface area contributed by atoms with Gasteiger partial charge in [-0.2, -0.15) is 0 Å². The molecule has 0 N–H and O–H groups in total. The molecule has 0 aromatic heterocycles. The van der Waals surface area contributed by atoms with Gasteiger partial charge in [0.15, 0.2) is 0 Å². The molecule has 2 aliphatic rings. The smallest absolute Gasteiger partial charge is 0.0357 e. The zero-order valence-electron chi connectivity index (χ0n) is 7.30. The van der Waals surface area contributed by atoms with Crippen LogP contribution in [-0.4, -0.2) is 0 Å². The minimum atomic E-state index is 1.02. The maximum absolute atomic E-state index is 2.45. The van der Waals surface area contributed by atoms with Crippen LogP contribution in [0.25, 0.3) is 0 Å². The zero-order chi connectivity index (χ0) is 7.30. The van der Waals surface area contributed by atoms with Crippen molar-refractivity contribution >= 4 is 0 Å². The van der Waals surface area contributed by atoms with E-state index in [-0.39, 0.29) is 0 Å². The molecular formula is C10H18. The van der Waals surface area contributed by atoms with Crippen molar-refractivity contribution in [3.8, 4) is 0 Å². The summed E-state index contributed by atoms with van der Waals surface area (Å²) in [6.07, 6.45) is 3.07. The largest absolute Gasteiger partial charge is 0.0622 e. The first-order chi connectivity index (χ1) is 4.70. The zero-order valence-corrected chi connectivity index (χ0v) is 7.30. The van der Waals surface area contributed by atoms with Gasteiger partial charge in [-0.05, 0) is 42.4 Å². The molecule has 0 aliphatic heterocycles. The Morgan fingerprint density at radius 1 is 0.900 bits per heavy atom. The molecule has 0 aromatic rings. The van der Waals surface area contributed by atoms with E-state index >= 15 is 0 Å². The molecule has 0 spiro atoms. The summed E-state index contributed by atoms with van der Waals surface area (Å²) in [6, 6.07) is 0. The van der Waals surface area contributed by atoms with Crippen LogP contribution in [0.3, 0.4) is 0 Å². The summed E-state index contributed by atoms with van der Waals surface area (Å²) in [7, 11) is 0. The highest BCUT2D eigenvalue weighted by atomic mass is 14.5. The second kappa shape index (κ2) is 1.99. The molecule has 2 aliphatic carbocycles. The molecule has 2 rings (SSSR count). The minimum absolute atomic E-state index is 1.02. The van der Waals surface area contributed by atoms with Gasteiger partial charge in [-0.3, -0.25) is 0 Å². The van der Waals surface area contributed by atoms with Gasteiger partial charge in [0.05, 0.1) is 0 Å². The quantitative estimate of drug-likeness (QED) is 0.483. The standard InChI is InChI=1S/C10H18/c1-6-4-9-5-10(6)8(3)7(9)2/h6-10H,4-5H2,1-3H3/t6?,7?,8-,9?,10?/m1/s1. The van der Waals surface area contributed by atoms with Crippen LogP contribution in [0.2, 0.25) is 0 Å². The van der Waals surface area contributed by atoms with E-state index in [1.807, 2.05) is 0 Å². The Bertz CT molecular complexity index is 137. The summed E-state index contributed by atoms with van der Waals surface area (Å²) >= 11 is 0. The summed E-state index contributed by atoms with van der Waals surface area (Å²) in [5, 5.41) is 0. The van der Waals surface area contributed by atoms with Gasteiger partial charge in [0.2, 0.25) is 0 Å². The first kappa shape index (κ1) is 6.69. The predicted octanol–water partition coefficient (Wildman–Crippen LogP) is 2.93. The lowest BCUT2D eigenvalue weighted by molar-refractivity contribution is 0.201. The van der Waals surface area contributed by atoms with Crippen LogP contribution in [0.5, 0.6) is 0 Å². The van der Waals surface area contributed by atoms with Crippen LogP contribution in [-0.2, 0) is 0 Å². The second-order valence-electron chi connectivity index (χ2n) is 4.59. The predicted molar refractivity (Wildman–Crippen MR) is 43.7 cm³/mol. The van der Waals surface area contributed by atoms with Crippen LogP contribution < -0.4 is 0 Å². The van der Waals surface area contributed by atoms with Gasteiger partial charge in [0.25, 0.3) is 0 Å². The topological polar surface area (TPSA) is 0 Å². The van der Waals surface area contributed by atoms with Gasteiger partial charge in [-0.15, -0.1) is 0 Å². The Hall–Kier alpha value is 0. The van der Waals surface area contributed by atoms with E-state index < -0.39 is 0 Å². The molecule has 10 heavy (non-hydrogen) atoms. The molecule has 2 bridgehead atoms. The summed E-state index contributed by atoms with van der Waals surface area (Å²) in [5.74, 6) is 5.26. The van der Waals surface area contributed by atoms with Crippen molar-refractivity contribution < 1.29 is 0 Å². The highest BCUT2D eigenvalue weighted by Crippen LogP contribution is 2.54.